The zero-order valence-electron chi connectivity index (χ0n) is 22.9. The third kappa shape index (κ3) is 5.89. The Kier molecular flexibility index (Phi) is 7.96. The van der Waals surface area contributed by atoms with E-state index in [1.165, 1.54) is 30.3 Å². The van der Waals surface area contributed by atoms with Crippen LogP contribution in [0.5, 0.6) is 5.75 Å². The van der Waals surface area contributed by atoms with Crippen molar-refractivity contribution in [3.05, 3.63) is 104 Å². The van der Waals surface area contributed by atoms with Crippen LogP contribution < -0.4 is 19.8 Å². The summed E-state index contributed by atoms with van der Waals surface area (Å²) in [5, 5.41) is 1.50. The minimum Gasteiger partial charge on any atom is -0.484 e. The highest BCUT2D eigenvalue weighted by Gasteiger charge is 2.56. The van der Waals surface area contributed by atoms with E-state index in [0.717, 1.165) is 58.3 Å². The molecule has 0 spiro atoms. The minimum atomic E-state index is -4.70. The molecule has 3 atom stereocenters. The molecule has 238 valence electrons. The molecule has 8 nitrogen and oxygen atoms in total. The Morgan fingerprint density at radius 3 is 2.30 bits per heavy atom. The topological polar surface area (TPSA) is 109 Å². The molecule has 2 aliphatic rings. The molecule has 3 aromatic carbocycles. The molecule has 0 bridgehead atoms. The van der Waals surface area contributed by atoms with Crippen LogP contribution >= 0.6 is 23.1 Å². The molecular formula is C30H19F6N3O5S2. The summed E-state index contributed by atoms with van der Waals surface area (Å²) in [6, 6.07) is 14.4. The van der Waals surface area contributed by atoms with Gasteiger partial charge in [0.05, 0.1) is 33.4 Å². The number of anilines is 2. The molecule has 2 aliphatic heterocycles. The van der Waals surface area contributed by atoms with Crippen molar-refractivity contribution in [2.24, 2.45) is 5.92 Å². The highest BCUT2D eigenvalue weighted by molar-refractivity contribution is 8.00. The van der Waals surface area contributed by atoms with Crippen LogP contribution in [0, 0.1) is 5.92 Å². The molecule has 3 heterocycles. The Balaban J connectivity index is 1.24. The number of aromatic amines is 1. The first-order chi connectivity index (χ1) is 21.7. The Hall–Kier alpha value is -4.57. The summed E-state index contributed by atoms with van der Waals surface area (Å²) in [7, 11) is 0. The van der Waals surface area contributed by atoms with Crippen molar-refractivity contribution in [3.8, 4) is 5.75 Å². The van der Waals surface area contributed by atoms with Crippen LogP contribution in [0.1, 0.15) is 27.5 Å². The maximum absolute atomic E-state index is 13.8. The first-order valence-corrected chi connectivity index (χ1v) is 15.1. The smallest absolute Gasteiger partial charge is 0.418 e. The molecule has 0 aliphatic carbocycles. The Morgan fingerprint density at radius 1 is 0.891 bits per heavy atom. The van der Waals surface area contributed by atoms with Crippen LogP contribution in [0.4, 0.5) is 37.7 Å². The van der Waals surface area contributed by atoms with Gasteiger partial charge in [-0.15, -0.1) is 0 Å². The Morgan fingerprint density at radius 2 is 1.61 bits per heavy atom. The predicted molar refractivity (Wildman–Crippen MR) is 156 cm³/mol. The van der Waals surface area contributed by atoms with Crippen molar-refractivity contribution in [1.82, 2.24) is 4.98 Å². The number of amides is 3. The number of nitrogens with one attached hydrogen (secondary N) is 2. The van der Waals surface area contributed by atoms with E-state index >= 15 is 0 Å². The molecular weight excluding hydrogens is 660 g/mol. The van der Waals surface area contributed by atoms with Gasteiger partial charge in [0.1, 0.15) is 11.0 Å². The molecule has 16 heteroatoms. The molecule has 1 aromatic heterocycles. The van der Waals surface area contributed by atoms with Gasteiger partial charge in [-0.3, -0.25) is 19.2 Å². The first kappa shape index (κ1) is 31.4. The van der Waals surface area contributed by atoms with Gasteiger partial charge in [0.15, 0.2) is 6.61 Å². The highest BCUT2D eigenvalue weighted by atomic mass is 32.2. The second-order valence-corrected chi connectivity index (χ2v) is 12.4. The predicted octanol–water partition coefficient (Wildman–Crippen LogP) is 6.29. The summed E-state index contributed by atoms with van der Waals surface area (Å²) in [4.78, 5) is 55.4. The van der Waals surface area contributed by atoms with Gasteiger partial charge in [-0.1, -0.05) is 53.4 Å². The number of rotatable bonds is 6. The average Bonchev–Trinajstić information content (AvgIpc) is 3.49. The minimum absolute atomic E-state index is 0.159. The molecule has 3 unspecified atom stereocenters. The quantitative estimate of drug-likeness (QED) is 0.183. The van der Waals surface area contributed by atoms with Crippen LogP contribution in [0.3, 0.4) is 0 Å². The summed E-state index contributed by atoms with van der Waals surface area (Å²) in [5.41, 5.74) is -2.22. The number of benzene rings is 3. The molecule has 1 saturated heterocycles. The lowest BCUT2D eigenvalue weighted by molar-refractivity contribution is -0.138. The number of para-hydroxylation sites is 1. The van der Waals surface area contributed by atoms with Crippen molar-refractivity contribution in [1.29, 1.82) is 0 Å². The van der Waals surface area contributed by atoms with Gasteiger partial charge < -0.3 is 15.0 Å². The van der Waals surface area contributed by atoms with Gasteiger partial charge in [-0.2, -0.15) is 26.3 Å². The summed E-state index contributed by atoms with van der Waals surface area (Å²) >= 11 is 1.81. The second-order valence-electron chi connectivity index (χ2n) is 10.3. The maximum Gasteiger partial charge on any atom is 0.418 e. The molecule has 1 fully saturated rings. The van der Waals surface area contributed by atoms with E-state index in [-0.39, 0.29) is 11.4 Å². The van der Waals surface area contributed by atoms with E-state index in [9.17, 15) is 45.5 Å². The fraction of sp³-hybridized carbons (Fsp3) is 0.200. The SMILES string of the molecule is O=C(COc1ccc(C2c3sc(=O)[nH]c3SC3C(=O)N(c4cccc(C(F)(F)F)c4)C(=O)C32)cc1)Nc1ccccc1C(F)(F)F. The lowest BCUT2D eigenvalue weighted by Crippen LogP contribution is -2.32. The third-order valence-corrected chi connectivity index (χ3v) is 9.77. The number of thioether (sulfide) groups is 1. The van der Waals surface area contributed by atoms with E-state index < -0.39 is 75.5 Å². The lowest BCUT2D eigenvalue weighted by Gasteiger charge is -2.29. The summed E-state index contributed by atoms with van der Waals surface area (Å²) < 4.78 is 85.4. The number of hydrogen-bond acceptors (Lipinski definition) is 7. The highest BCUT2D eigenvalue weighted by Crippen LogP contribution is 2.53. The van der Waals surface area contributed by atoms with Gasteiger partial charge in [0.2, 0.25) is 11.8 Å². The van der Waals surface area contributed by atoms with Gasteiger partial charge in [-0.25, -0.2) is 4.90 Å². The van der Waals surface area contributed by atoms with Crippen molar-refractivity contribution in [2.45, 2.75) is 28.5 Å². The lowest BCUT2D eigenvalue weighted by atomic mass is 9.83. The van der Waals surface area contributed by atoms with Crippen molar-refractivity contribution in [2.75, 3.05) is 16.8 Å². The van der Waals surface area contributed by atoms with E-state index in [1.54, 1.807) is 12.1 Å². The normalized spacial score (nSPS) is 19.5. The number of thiazole rings is 1. The zero-order valence-corrected chi connectivity index (χ0v) is 24.6. The molecule has 0 saturated carbocycles. The zero-order chi connectivity index (χ0) is 33.0. The number of nitrogens with zero attached hydrogens (tertiary/aromatic N) is 1. The largest absolute Gasteiger partial charge is 0.484 e. The molecule has 3 amide bonds. The number of fused-ring (bicyclic) bond motifs is 2. The van der Waals surface area contributed by atoms with Gasteiger partial charge >= 0.3 is 17.2 Å². The van der Waals surface area contributed by atoms with E-state index in [2.05, 4.69) is 10.3 Å². The fourth-order valence-corrected chi connectivity index (χ4v) is 7.91. The summed E-state index contributed by atoms with van der Waals surface area (Å²) in [6.45, 7) is -0.626. The number of halogens is 6. The van der Waals surface area contributed by atoms with Crippen molar-refractivity contribution >= 4 is 52.2 Å². The number of ether oxygens (including phenoxy) is 1. The van der Waals surface area contributed by atoms with Crippen LogP contribution in [0.2, 0.25) is 0 Å². The number of carbonyl (C=O) groups is 3. The van der Waals surface area contributed by atoms with E-state index in [4.69, 9.17) is 4.74 Å². The van der Waals surface area contributed by atoms with Crippen LogP contribution in [0.25, 0.3) is 0 Å². The molecule has 2 N–H and O–H groups in total. The molecule has 46 heavy (non-hydrogen) atoms. The van der Waals surface area contributed by atoms with Gasteiger partial charge in [-0.05, 0) is 48.0 Å². The summed E-state index contributed by atoms with van der Waals surface area (Å²) in [6.07, 6.45) is -9.38. The Bertz CT molecular complexity index is 1900. The monoisotopic (exact) mass is 679 g/mol. The second kappa shape index (κ2) is 11.7. The van der Waals surface area contributed by atoms with Crippen LogP contribution in [0.15, 0.2) is 82.6 Å². The molecule has 6 rings (SSSR count). The third-order valence-electron chi connectivity index (χ3n) is 7.37. The number of carbonyl (C=O) groups excluding carboxylic acids is 3. The first-order valence-electron chi connectivity index (χ1n) is 13.4. The number of hydrogen-bond donors (Lipinski definition) is 2. The Labute approximate surface area is 263 Å². The number of H-pyrrole nitrogens is 1. The summed E-state index contributed by atoms with van der Waals surface area (Å²) in [5.74, 6) is -4.02. The van der Waals surface area contributed by atoms with E-state index in [0.29, 0.717) is 15.5 Å². The number of aromatic nitrogens is 1. The fourth-order valence-electron chi connectivity index (χ4n) is 5.40. The van der Waals surface area contributed by atoms with Crippen molar-refractivity contribution in [3.63, 3.8) is 0 Å². The van der Waals surface area contributed by atoms with E-state index in [1.807, 2.05) is 0 Å². The van der Waals surface area contributed by atoms with Crippen LogP contribution in [-0.4, -0.2) is 34.6 Å². The molecule has 4 aromatic rings. The van der Waals surface area contributed by atoms with Gasteiger partial charge in [0.25, 0.3) is 5.91 Å². The van der Waals surface area contributed by atoms with Crippen molar-refractivity contribution < 1.29 is 45.5 Å². The molecule has 0 radical (unpaired) electrons. The number of imide groups is 1. The van der Waals surface area contributed by atoms with Crippen LogP contribution in [-0.2, 0) is 26.7 Å². The number of alkyl halides is 6. The maximum atomic E-state index is 13.8. The standard InChI is InChI=1S/C30H19F6N3O5S2/c31-29(32,33)15-4-3-5-16(12-15)39-26(41)22-21(23-25(38-28(43)46-23)45-24(22)27(39)42)14-8-10-17(11-9-14)44-13-20(40)37-19-7-2-1-6-18(19)30(34,35)36/h1-12,21-22,24H,13H2,(H,37,40)(H,38,43). The average molecular weight is 680 g/mol. The van der Waals surface area contributed by atoms with Gasteiger partial charge in [0, 0.05) is 10.8 Å².